The van der Waals surface area contributed by atoms with Gasteiger partial charge in [0.15, 0.2) is 0 Å². The topological polar surface area (TPSA) is 46.3 Å². The summed E-state index contributed by atoms with van der Waals surface area (Å²) >= 11 is 0. The van der Waals surface area contributed by atoms with E-state index in [0.29, 0.717) is 12.3 Å². The Labute approximate surface area is 105 Å². The van der Waals surface area contributed by atoms with Gasteiger partial charge in [-0.25, -0.2) is 0 Å². The summed E-state index contributed by atoms with van der Waals surface area (Å²) in [6.45, 7) is 4.13. The molecular weight excluding hydrogens is 212 g/mol. The van der Waals surface area contributed by atoms with Gasteiger partial charge in [0.25, 0.3) is 0 Å². The number of hydrogen-bond acceptors (Lipinski definition) is 2. The van der Waals surface area contributed by atoms with Crippen LogP contribution in [0.2, 0.25) is 0 Å². The van der Waals surface area contributed by atoms with Crippen LogP contribution in [0.15, 0.2) is 0 Å². The molecule has 17 heavy (non-hydrogen) atoms. The molecule has 1 aliphatic heterocycles. The highest BCUT2D eigenvalue weighted by atomic mass is 16.2. The summed E-state index contributed by atoms with van der Waals surface area (Å²) in [5, 5.41) is 0. The number of rotatable bonds is 3. The Balaban J connectivity index is 1.84. The van der Waals surface area contributed by atoms with Gasteiger partial charge in [-0.15, -0.1) is 0 Å². The minimum Gasteiger partial charge on any atom is -0.342 e. The van der Waals surface area contributed by atoms with Gasteiger partial charge in [0.05, 0.1) is 0 Å². The van der Waals surface area contributed by atoms with Crippen LogP contribution in [0, 0.1) is 5.92 Å². The molecule has 1 saturated carbocycles. The number of amides is 1. The zero-order chi connectivity index (χ0) is 12.3. The Hall–Kier alpha value is -0.570. The number of likely N-dealkylation sites (tertiary alicyclic amines) is 1. The summed E-state index contributed by atoms with van der Waals surface area (Å²) in [7, 11) is 0. The Morgan fingerprint density at radius 3 is 2.65 bits per heavy atom. The van der Waals surface area contributed by atoms with E-state index in [1.165, 1.54) is 32.1 Å². The lowest BCUT2D eigenvalue weighted by Crippen LogP contribution is -2.46. The van der Waals surface area contributed by atoms with Crippen LogP contribution in [-0.2, 0) is 4.79 Å². The van der Waals surface area contributed by atoms with Crippen molar-refractivity contribution in [1.29, 1.82) is 0 Å². The fourth-order valence-electron chi connectivity index (χ4n) is 3.24. The smallest absolute Gasteiger partial charge is 0.224 e. The van der Waals surface area contributed by atoms with Crippen molar-refractivity contribution in [3.05, 3.63) is 0 Å². The Morgan fingerprint density at radius 2 is 2.06 bits per heavy atom. The number of nitrogens with zero attached hydrogens (tertiary/aromatic N) is 1. The molecule has 1 heterocycles. The quantitative estimate of drug-likeness (QED) is 0.820. The number of carbonyl (C=O) groups is 1. The largest absolute Gasteiger partial charge is 0.342 e. The summed E-state index contributed by atoms with van der Waals surface area (Å²) in [5.41, 5.74) is 6.15. The minimum absolute atomic E-state index is 0.195. The van der Waals surface area contributed by atoms with Crippen LogP contribution in [0.5, 0.6) is 0 Å². The first kappa shape index (κ1) is 12.9. The third kappa shape index (κ3) is 3.21. The predicted molar refractivity (Wildman–Crippen MR) is 69.6 cm³/mol. The third-order valence-corrected chi connectivity index (χ3v) is 4.57. The first-order valence-electron chi connectivity index (χ1n) is 7.19. The number of nitrogens with two attached hydrogens (primary N) is 1. The highest BCUT2D eigenvalue weighted by Crippen LogP contribution is 2.30. The fraction of sp³-hybridized carbons (Fsp3) is 0.929. The number of carbonyl (C=O) groups excluding carboxylic acids is 1. The molecule has 1 amide bonds. The average Bonchev–Trinajstić information content (AvgIpc) is 2.78. The predicted octanol–water partition coefficient (Wildman–Crippen LogP) is 2.30. The van der Waals surface area contributed by atoms with E-state index in [0.717, 1.165) is 31.8 Å². The van der Waals surface area contributed by atoms with Crippen LogP contribution in [0.3, 0.4) is 0 Å². The van der Waals surface area contributed by atoms with Crippen LogP contribution < -0.4 is 5.73 Å². The molecule has 1 aliphatic carbocycles. The number of hydrogen-bond donors (Lipinski definition) is 1. The molecule has 1 atom stereocenters. The molecule has 0 spiro atoms. The lowest BCUT2D eigenvalue weighted by atomic mass is 9.80. The van der Waals surface area contributed by atoms with Crippen molar-refractivity contribution in [2.45, 2.75) is 63.8 Å². The Bertz CT molecular complexity index is 271. The molecule has 0 bridgehead atoms. The average molecular weight is 238 g/mol. The summed E-state index contributed by atoms with van der Waals surface area (Å²) in [5.74, 6) is 1.02. The van der Waals surface area contributed by atoms with Crippen molar-refractivity contribution in [2.24, 2.45) is 11.7 Å². The van der Waals surface area contributed by atoms with Crippen LogP contribution in [0.25, 0.3) is 0 Å². The second-order valence-corrected chi connectivity index (χ2v) is 6.00. The SMILES string of the molecule is CCC1CCN(C(=O)CC2(N)CCCCC2)C1. The van der Waals surface area contributed by atoms with Gasteiger partial charge >= 0.3 is 0 Å². The molecule has 98 valence electrons. The van der Waals surface area contributed by atoms with Gasteiger partial charge in [-0.3, -0.25) is 4.79 Å². The fourth-order valence-corrected chi connectivity index (χ4v) is 3.24. The zero-order valence-corrected chi connectivity index (χ0v) is 11.1. The van der Waals surface area contributed by atoms with Crippen molar-refractivity contribution >= 4 is 5.91 Å². The van der Waals surface area contributed by atoms with Gasteiger partial charge in [-0.05, 0) is 25.2 Å². The van der Waals surface area contributed by atoms with Gasteiger partial charge in [-0.2, -0.15) is 0 Å². The molecule has 0 aromatic heterocycles. The first-order valence-corrected chi connectivity index (χ1v) is 7.19. The van der Waals surface area contributed by atoms with Crippen molar-refractivity contribution in [3.63, 3.8) is 0 Å². The van der Waals surface area contributed by atoms with E-state index in [1.807, 2.05) is 4.90 Å². The maximum Gasteiger partial charge on any atom is 0.224 e. The molecule has 2 aliphatic rings. The molecule has 3 nitrogen and oxygen atoms in total. The second kappa shape index (κ2) is 5.38. The van der Waals surface area contributed by atoms with E-state index in [1.54, 1.807) is 0 Å². The van der Waals surface area contributed by atoms with Crippen LogP contribution >= 0.6 is 0 Å². The molecule has 2 rings (SSSR count). The van der Waals surface area contributed by atoms with E-state index < -0.39 is 0 Å². The lowest BCUT2D eigenvalue weighted by molar-refractivity contribution is -0.131. The van der Waals surface area contributed by atoms with Crippen molar-refractivity contribution in [2.75, 3.05) is 13.1 Å². The van der Waals surface area contributed by atoms with E-state index in [-0.39, 0.29) is 5.54 Å². The van der Waals surface area contributed by atoms with Gasteiger partial charge in [0.1, 0.15) is 0 Å². The van der Waals surface area contributed by atoms with Crippen LogP contribution in [-0.4, -0.2) is 29.4 Å². The van der Waals surface area contributed by atoms with Gasteiger partial charge in [0, 0.05) is 25.0 Å². The molecule has 0 aromatic rings. The van der Waals surface area contributed by atoms with Crippen molar-refractivity contribution in [3.8, 4) is 0 Å². The standard InChI is InChI=1S/C14H26N2O/c1-2-12-6-9-16(11-12)13(17)10-14(15)7-4-3-5-8-14/h12H,2-11,15H2,1H3. The van der Waals surface area contributed by atoms with Gasteiger partial charge in [-0.1, -0.05) is 32.6 Å². The Kier molecular flexibility index (Phi) is 4.08. The maximum absolute atomic E-state index is 12.2. The van der Waals surface area contributed by atoms with E-state index >= 15 is 0 Å². The first-order chi connectivity index (χ1) is 8.13. The highest BCUT2D eigenvalue weighted by Gasteiger charge is 2.33. The summed E-state index contributed by atoms with van der Waals surface area (Å²) in [4.78, 5) is 14.3. The molecular formula is C14H26N2O. The lowest BCUT2D eigenvalue weighted by Gasteiger charge is -2.34. The molecule has 0 radical (unpaired) electrons. The third-order valence-electron chi connectivity index (χ3n) is 4.57. The highest BCUT2D eigenvalue weighted by molar-refractivity contribution is 5.77. The normalized spacial score (nSPS) is 28.4. The van der Waals surface area contributed by atoms with Crippen LogP contribution in [0.4, 0.5) is 0 Å². The summed E-state index contributed by atoms with van der Waals surface area (Å²) in [6.07, 6.45) is 8.69. The molecule has 3 heteroatoms. The van der Waals surface area contributed by atoms with E-state index in [9.17, 15) is 4.79 Å². The van der Waals surface area contributed by atoms with Gasteiger partial charge in [0.2, 0.25) is 5.91 Å². The second-order valence-electron chi connectivity index (χ2n) is 6.00. The van der Waals surface area contributed by atoms with Crippen molar-refractivity contribution < 1.29 is 4.79 Å². The minimum atomic E-state index is -0.195. The molecule has 1 unspecified atom stereocenters. The monoisotopic (exact) mass is 238 g/mol. The van der Waals surface area contributed by atoms with Gasteiger partial charge < -0.3 is 10.6 Å². The molecule has 2 fully saturated rings. The molecule has 0 aromatic carbocycles. The van der Waals surface area contributed by atoms with Crippen LogP contribution in [0.1, 0.15) is 58.3 Å². The summed E-state index contributed by atoms with van der Waals surface area (Å²) < 4.78 is 0. The molecule has 1 saturated heterocycles. The summed E-state index contributed by atoms with van der Waals surface area (Å²) in [6, 6.07) is 0. The van der Waals surface area contributed by atoms with E-state index in [2.05, 4.69) is 6.92 Å². The molecule has 2 N–H and O–H groups in total. The zero-order valence-electron chi connectivity index (χ0n) is 11.1. The van der Waals surface area contributed by atoms with Crippen molar-refractivity contribution in [1.82, 2.24) is 4.90 Å². The van der Waals surface area contributed by atoms with E-state index in [4.69, 9.17) is 5.73 Å². The maximum atomic E-state index is 12.2. The Morgan fingerprint density at radius 1 is 1.35 bits per heavy atom.